The molecule has 0 fully saturated rings. The Kier molecular flexibility index (Phi) is 2.23. The second-order valence-corrected chi connectivity index (χ2v) is 3.42. The van der Waals surface area contributed by atoms with Crippen LogP contribution in [0.5, 0.6) is 0 Å². The molecule has 0 aromatic rings. The van der Waals surface area contributed by atoms with Crippen molar-refractivity contribution in [1.29, 1.82) is 0 Å². The van der Waals surface area contributed by atoms with Gasteiger partial charge in [0.2, 0.25) is 0 Å². The third-order valence-electron chi connectivity index (χ3n) is 0.316. The van der Waals surface area contributed by atoms with Gasteiger partial charge in [-0.2, -0.15) is 0 Å². The molecule has 0 amide bonds. The number of hydrogen-bond donors (Lipinski definition) is 0. The van der Waals surface area contributed by atoms with Crippen molar-refractivity contribution >= 4 is 3.29 Å². The standard InChI is InChI=1S/C2F3O.Hg/c3-2(4,5)1-6;. The maximum atomic E-state index is 10.9. The van der Waals surface area contributed by atoms with Crippen molar-refractivity contribution in [1.82, 2.24) is 0 Å². The van der Waals surface area contributed by atoms with Gasteiger partial charge < -0.3 is 0 Å². The molecule has 0 aliphatic rings. The Hall–Kier alpha value is 0.395. The van der Waals surface area contributed by atoms with Gasteiger partial charge in [0.05, 0.1) is 0 Å². The van der Waals surface area contributed by atoms with E-state index in [1.54, 1.807) is 0 Å². The molecule has 0 aromatic carbocycles. The monoisotopic (exact) mass is 299 g/mol. The van der Waals surface area contributed by atoms with Crippen LogP contribution in [0.25, 0.3) is 0 Å². The van der Waals surface area contributed by atoms with E-state index in [9.17, 15) is 18.0 Å². The summed E-state index contributed by atoms with van der Waals surface area (Å²) in [6.45, 7) is 0. The summed E-state index contributed by atoms with van der Waals surface area (Å²) < 4.78 is 31.1. The van der Waals surface area contributed by atoms with Crippen LogP contribution in [0.15, 0.2) is 0 Å². The third kappa shape index (κ3) is 3.02. The maximum absolute atomic E-state index is 10.9. The van der Waals surface area contributed by atoms with Gasteiger partial charge in [0.15, 0.2) is 0 Å². The predicted octanol–water partition coefficient (Wildman–Crippen LogP) is 0.622. The van der Waals surface area contributed by atoms with E-state index >= 15 is 0 Å². The molecule has 0 rings (SSSR count). The van der Waals surface area contributed by atoms with Crippen LogP contribution in [0.3, 0.4) is 0 Å². The number of carbonyl (C=O) groups is 1. The topological polar surface area (TPSA) is 17.1 Å². The Balaban J connectivity index is 3.79. The van der Waals surface area contributed by atoms with Crippen LogP contribution in [-0.2, 0) is 30.9 Å². The molecule has 0 N–H and O–H groups in total. The van der Waals surface area contributed by atoms with E-state index < -0.39 is 35.6 Å². The molecule has 0 aliphatic heterocycles. The normalized spacial score (nSPS) is 11.6. The summed E-state index contributed by atoms with van der Waals surface area (Å²) in [6.07, 6.45) is -4.55. The summed E-state index contributed by atoms with van der Waals surface area (Å²) in [7, 11) is 0. The van der Waals surface area contributed by atoms with Crippen molar-refractivity contribution in [3.63, 3.8) is 0 Å². The van der Waals surface area contributed by atoms with Crippen molar-refractivity contribution in [3.8, 4) is 0 Å². The third-order valence-corrected chi connectivity index (χ3v) is 1.87. The zero-order valence-electron chi connectivity index (χ0n) is 3.25. The fourth-order valence-electron chi connectivity index (χ4n) is 0. The van der Waals surface area contributed by atoms with Gasteiger partial charge >= 0.3 is 53.6 Å². The van der Waals surface area contributed by atoms with Gasteiger partial charge in [-0.15, -0.1) is 0 Å². The summed E-state index contributed by atoms with van der Waals surface area (Å²) in [5, 5.41) is 0. The van der Waals surface area contributed by atoms with E-state index in [0.29, 0.717) is 0 Å². The molecular formula is C2F3HgO. The molecule has 5 heteroatoms. The first-order valence-electron chi connectivity index (χ1n) is 1.37. The minimum atomic E-state index is -4.55. The van der Waals surface area contributed by atoms with E-state index in [4.69, 9.17) is 0 Å². The molecule has 0 saturated heterocycles. The molecule has 0 radical (unpaired) electrons. The molecule has 0 bridgehead atoms. The molecule has 37 valence electrons. The van der Waals surface area contributed by atoms with Crippen molar-refractivity contribution in [2.75, 3.05) is 0 Å². The fraction of sp³-hybridized carbons (Fsp3) is 0.500. The van der Waals surface area contributed by atoms with Crippen LogP contribution in [0.1, 0.15) is 0 Å². The molecule has 0 heterocycles. The summed E-state index contributed by atoms with van der Waals surface area (Å²) in [4.78, 5) is 9.43. The van der Waals surface area contributed by atoms with Gasteiger partial charge in [0, 0.05) is 0 Å². The second kappa shape index (κ2) is 2.11. The molecular weight excluding hydrogens is 298 g/mol. The van der Waals surface area contributed by atoms with Crippen LogP contribution in [0.4, 0.5) is 13.2 Å². The van der Waals surface area contributed by atoms with Crippen molar-refractivity contribution in [2.24, 2.45) is 0 Å². The number of carbonyl (C=O) groups excluding carboxylic acids is 1. The molecule has 0 saturated carbocycles. The van der Waals surface area contributed by atoms with Crippen molar-refractivity contribution in [2.45, 2.75) is 6.18 Å². The van der Waals surface area contributed by atoms with Crippen molar-refractivity contribution in [3.05, 3.63) is 0 Å². The van der Waals surface area contributed by atoms with Crippen LogP contribution < -0.4 is 0 Å². The molecule has 0 spiro atoms. The predicted molar refractivity (Wildman–Crippen MR) is 11.1 cm³/mol. The van der Waals surface area contributed by atoms with E-state index in [-0.39, 0.29) is 0 Å². The van der Waals surface area contributed by atoms with Gasteiger partial charge in [-0.3, -0.25) is 0 Å². The zero-order chi connectivity index (χ0) is 6.08. The van der Waals surface area contributed by atoms with E-state index in [1.165, 1.54) is 0 Å². The molecule has 0 aliphatic carbocycles. The Morgan fingerprint density at radius 3 is 1.57 bits per heavy atom. The molecule has 1 nitrogen and oxygen atoms in total. The summed E-state index contributed by atoms with van der Waals surface area (Å²) in [5.74, 6) is 0. The quantitative estimate of drug-likeness (QED) is 0.599. The van der Waals surface area contributed by atoms with Crippen LogP contribution in [0, 0.1) is 0 Å². The first-order valence-corrected chi connectivity index (χ1v) is 4.12. The Morgan fingerprint density at radius 2 is 1.57 bits per heavy atom. The van der Waals surface area contributed by atoms with Gasteiger partial charge in [-0.1, -0.05) is 0 Å². The van der Waals surface area contributed by atoms with E-state index in [2.05, 4.69) is 0 Å². The number of alkyl halides is 3. The second-order valence-electron chi connectivity index (χ2n) is 0.921. The SMILES string of the molecule is O=[C]([Hg])C(F)(F)F. The van der Waals surface area contributed by atoms with Crippen molar-refractivity contribution < 1.29 is 44.1 Å². The Morgan fingerprint density at radius 1 is 1.43 bits per heavy atom. The fourth-order valence-corrected chi connectivity index (χ4v) is 0. The first kappa shape index (κ1) is 7.40. The minimum absolute atomic E-state index is 0.805. The Bertz CT molecular complexity index is 85.4. The van der Waals surface area contributed by atoms with Crippen LogP contribution >= 0.6 is 0 Å². The first-order chi connectivity index (χ1) is 2.94. The average Bonchev–Trinajstić information content (AvgIpc) is 1.31. The average molecular weight is 298 g/mol. The van der Waals surface area contributed by atoms with E-state index in [1.807, 2.05) is 0 Å². The van der Waals surface area contributed by atoms with Gasteiger partial charge in [-0.05, 0) is 0 Å². The zero-order valence-corrected chi connectivity index (χ0v) is 8.75. The van der Waals surface area contributed by atoms with Gasteiger partial charge in [0.1, 0.15) is 0 Å². The molecule has 0 atom stereocenters. The van der Waals surface area contributed by atoms with Gasteiger partial charge in [-0.25, -0.2) is 0 Å². The summed E-state index contributed by atoms with van der Waals surface area (Å²) in [5.41, 5.74) is 0. The van der Waals surface area contributed by atoms with E-state index in [0.717, 1.165) is 0 Å². The molecule has 0 unspecified atom stereocenters. The number of rotatable bonds is 0. The molecule has 0 aromatic heterocycles. The molecule has 7 heavy (non-hydrogen) atoms. The Labute approximate surface area is 53.9 Å². The number of hydrogen-bond acceptors (Lipinski definition) is 1. The summed E-state index contributed by atoms with van der Waals surface area (Å²) >= 11 is -0.805. The van der Waals surface area contributed by atoms with Gasteiger partial charge in [0.25, 0.3) is 0 Å². The summed E-state index contributed by atoms with van der Waals surface area (Å²) in [6, 6.07) is 0. The van der Waals surface area contributed by atoms with Crippen LogP contribution in [0.2, 0.25) is 0 Å². The number of halogens is 3. The van der Waals surface area contributed by atoms with Crippen LogP contribution in [-0.4, -0.2) is 9.47 Å².